The lowest BCUT2D eigenvalue weighted by Gasteiger charge is -2.21. The molecule has 0 fully saturated rings. The first-order valence-corrected chi connectivity index (χ1v) is 5.27. The highest BCUT2D eigenvalue weighted by Crippen LogP contribution is 2.46. The Morgan fingerprint density at radius 3 is 2.71 bits per heavy atom. The minimum atomic E-state index is 0.559. The molecule has 0 spiro atoms. The molecule has 1 aliphatic heterocycles. The fourth-order valence-corrected chi connectivity index (χ4v) is 1.81. The summed E-state index contributed by atoms with van der Waals surface area (Å²) in [6.07, 6.45) is 0. The van der Waals surface area contributed by atoms with E-state index in [-0.39, 0.29) is 0 Å². The maximum atomic E-state index is 8.83. The fraction of sp³-hybridized carbons (Fsp3) is 0.0714. The summed E-state index contributed by atoms with van der Waals surface area (Å²) in [6, 6.07) is 13.0. The van der Waals surface area contributed by atoms with Crippen molar-refractivity contribution >= 4 is 0 Å². The smallest absolute Gasteiger partial charge is 0.173 e. The lowest BCUT2D eigenvalue weighted by molar-refractivity contribution is 0.357. The van der Waals surface area contributed by atoms with Crippen molar-refractivity contribution in [3.05, 3.63) is 47.5 Å². The number of fused-ring (bicyclic) bond motifs is 2. The summed E-state index contributed by atoms with van der Waals surface area (Å²) in [7, 11) is 0. The highest BCUT2D eigenvalue weighted by atomic mass is 16.6. The zero-order chi connectivity index (χ0) is 11.8. The van der Waals surface area contributed by atoms with Crippen molar-refractivity contribution in [2.24, 2.45) is 0 Å². The Labute approximate surface area is 98.8 Å². The van der Waals surface area contributed by atoms with Crippen LogP contribution in [0.5, 0.6) is 23.0 Å². The van der Waals surface area contributed by atoms with Gasteiger partial charge in [0.1, 0.15) is 0 Å². The average molecular weight is 223 g/mol. The van der Waals surface area contributed by atoms with Gasteiger partial charge in [-0.2, -0.15) is 5.26 Å². The number of ether oxygens (including phenoxy) is 2. The molecule has 0 saturated carbocycles. The van der Waals surface area contributed by atoms with Gasteiger partial charge in [0, 0.05) is 6.07 Å². The van der Waals surface area contributed by atoms with Gasteiger partial charge in [0.2, 0.25) is 0 Å². The maximum absolute atomic E-state index is 8.83. The largest absolute Gasteiger partial charge is 0.449 e. The van der Waals surface area contributed by atoms with Crippen LogP contribution in [0.2, 0.25) is 0 Å². The molecule has 17 heavy (non-hydrogen) atoms. The van der Waals surface area contributed by atoms with Crippen molar-refractivity contribution in [2.45, 2.75) is 6.92 Å². The molecular weight excluding hydrogens is 214 g/mol. The van der Waals surface area contributed by atoms with E-state index in [2.05, 4.69) is 6.07 Å². The third-order valence-electron chi connectivity index (χ3n) is 2.68. The molecule has 0 bridgehead atoms. The number of rotatable bonds is 0. The van der Waals surface area contributed by atoms with E-state index in [0.717, 1.165) is 11.3 Å². The first-order valence-electron chi connectivity index (χ1n) is 5.27. The first kappa shape index (κ1) is 9.73. The van der Waals surface area contributed by atoms with Crippen LogP contribution in [0, 0.1) is 18.3 Å². The number of para-hydroxylation sites is 1. The molecule has 0 N–H and O–H groups in total. The van der Waals surface area contributed by atoms with Crippen LogP contribution in [0.3, 0.4) is 0 Å². The highest BCUT2D eigenvalue weighted by molar-refractivity contribution is 5.58. The molecule has 2 aromatic rings. The van der Waals surface area contributed by atoms with Crippen molar-refractivity contribution in [3.8, 4) is 29.1 Å². The second-order valence-corrected chi connectivity index (χ2v) is 3.88. The van der Waals surface area contributed by atoms with Crippen LogP contribution in [0.15, 0.2) is 36.4 Å². The van der Waals surface area contributed by atoms with E-state index in [0.29, 0.717) is 22.8 Å². The standard InChI is InChI=1S/C14H9NO2/c1-9-3-2-4-12-14(9)17-11-6-5-10(8-15)7-13(11)16-12/h2-7H,1H3. The van der Waals surface area contributed by atoms with Crippen molar-refractivity contribution in [3.63, 3.8) is 0 Å². The fourth-order valence-electron chi connectivity index (χ4n) is 1.81. The van der Waals surface area contributed by atoms with Gasteiger partial charge in [0.05, 0.1) is 11.6 Å². The van der Waals surface area contributed by atoms with Gasteiger partial charge in [0.25, 0.3) is 0 Å². The van der Waals surface area contributed by atoms with Gasteiger partial charge in [-0.3, -0.25) is 0 Å². The van der Waals surface area contributed by atoms with Crippen LogP contribution < -0.4 is 9.47 Å². The van der Waals surface area contributed by atoms with E-state index in [9.17, 15) is 0 Å². The number of aryl methyl sites for hydroxylation is 1. The summed E-state index contributed by atoms with van der Waals surface area (Å²) < 4.78 is 11.5. The number of hydrogen-bond donors (Lipinski definition) is 0. The number of nitriles is 1. The molecule has 0 saturated heterocycles. The molecule has 2 aromatic carbocycles. The Morgan fingerprint density at radius 2 is 1.88 bits per heavy atom. The molecule has 82 valence electrons. The van der Waals surface area contributed by atoms with E-state index in [1.54, 1.807) is 18.2 Å². The number of nitrogens with zero attached hydrogens (tertiary/aromatic N) is 1. The molecule has 0 unspecified atom stereocenters. The SMILES string of the molecule is Cc1cccc2c1Oc1ccc(C#N)cc1O2. The maximum Gasteiger partial charge on any atom is 0.173 e. The molecule has 0 atom stereocenters. The first-order chi connectivity index (χ1) is 8.28. The summed E-state index contributed by atoms with van der Waals surface area (Å²) >= 11 is 0. The molecule has 3 heteroatoms. The Hall–Kier alpha value is -2.47. The lowest BCUT2D eigenvalue weighted by Crippen LogP contribution is -2.00. The van der Waals surface area contributed by atoms with Gasteiger partial charge in [-0.1, -0.05) is 12.1 Å². The summed E-state index contributed by atoms with van der Waals surface area (Å²) in [5.41, 5.74) is 1.58. The van der Waals surface area contributed by atoms with Gasteiger partial charge >= 0.3 is 0 Å². The molecule has 1 heterocycles. The normalized spacial score (nSPS) is 11.5. The lowest BCUT2D eigenvalue weighted by atomic mass is 10.1. The minimum Gasteiger partial charge on any atom is -0.449 e. The number of hydrogen-bond acceptors (Lipinski definition) is 3. The molecule has 3 nitrogen and oxygen atoms in total. The zero-order valence-electron chi connectivity index (χ0n) is 9.23. The van der Waals surface area contributed by atoms with Gasteiger partial charge in [-0.25, -0.2) is 0 Å². The van der Waals surface area contributed by atoms with E-state index < -0.39 is 0 Å². The molecule has 0 aromatic heterocycles. The average Bonchev–Trinajstić information content (AvgIpc) is 2.36. The van der Waals surface area contributed by atoms with Gasteiger partial charge in [-0.15, -0.1) is 0 Å². The van der Waals surface area contributed by atoms with Gasteiger partial charge in [-0.05, 0) is 30.7 Å². The summed E-state index contributed by atoms with van der Waals surface area (Å²) in [6.45, 7) is 1.97. The van der Waals surface area contributed by atoms with Crippen LogP contribution in [0.1, 0.15) is 11.1 Å². The Bertz CT molecular complexity index is 641. The monoisotopic (exact) mass is 223 g/mol. The second-order valence-electron chi connectivity index (χ2n) is 3.88. The Kier molecular flexibility index (Phi) is 2.02. The number of benzene rings is 2. The topological polar surface area (TPSA) is 42.2 Å². The highest BCUT2D eigenvalue weighted by Gasteiger charge is 2.20. The van der Waals surface area contributed by atoms with Crippen molar-refractivity contribution in [1.82, 2.24) is 0 Å². The predicted octanol–water partition coefficient (Wildman–Crippen LogP) is 3.76. The molecule has 0 radical (unpaired) electrons. The predicted molar refractivity (Wildman–Crippen MR) is 62.5 cm³/mol. The Morgan fingerprint density at radius 1 is 1.00 bits per heavy atom. The molecule has 1 aliphatic rings. The summed E-state index contributed by atoms with van der Waals surface area (Å²) in [4.78, 5) is 0. The molecule has 3 rings (SSSR count). The third-order valence-corrected chi connectivity index (χ3v) is 2.68. The van der Waals surface area contributed by atoms with Crippen molar-refractivity contribution < 1.29 is 9.47 Å². The van der Waals surface area contributed by atoms with Gasteiger partial charge in [0.15, 0.2) is 23.0 Å². The van der Waals surface area contributed by atoms with Crippen LogP contribution in [-0.2, 0) is 0 Å². The van der Waals surface area contributed by atoms with Crippen molar-refractivity contribution in [1.29, 1.82) is 5.26 Å². The molecule has 0 aliphatic carbocycles. The van der Waals surface area contributed by atoms with E-state index in [1.165, 1.54) is 0 Å². The van der Waals surface area contributed by atoms with Crippen LogP contribution in [0.25, 0.3) is 0 Å². The van der Waals surface area contributed by atoms with Crippen LogP contribution >= 0.6 is 0 Å². The molecule has 0 amide bonds. The van der Waals surface area contributed by atoms with E-state index >= 15 is 0 Å². The second kappa shape index (κ2) is 3.53. The minimum absolute atomic E-state index is 0.559. The van der Waals surface area contributed by atoms with Crippen LogP contribution in [-0.4, -0.2) is 0 Å². The molecular formula is C14H9NO2. The van der Waals surface area contributed by atoms with E-state index in [4.69, 9.17) is 14.7 Å². The summed E-state index contributed by atoms with van der Waals surface area (Å²) in [5.74, 6) is 2.66. The van der Waals surface area contributed by atoms with Crippen LogP contribution in [0.4, 0.5) is 0 Å². The third kappa shape index (κ3) is 1.51. The summed E-state index contributed by atoms with van der Waals surface area (Å²) in [5, 5.41) is 8.83. The van der Waals surface area contributed by atoms with E-state index in [1.807, 2.05) is 25.1 Å². The quantitative estimate of drug-likeness (QED) is 0.582. The van der Waals surface area contributed by atoms with Gasteiger partial charge < -0.3 is 9.47 Å². The zero-order valence-corrected chi connectivity index (χ0v) is 9.23. The Balaban J connectivity index is 2.11. The van der Waals surface area contributed by atoms with Crippen molar-refractivity contribution in [2.75, 3.05) is 0 Å².